The molecule has 3 aromatic rings. The Morgan fingerprint density at radius 1 is 0.674 bits per heavy atom. The first-order valence-electron chi connectivity index (χ1n) is 15.4. The van der Waals surface area contributed by atoms with Gasteiger partial charge in [0.15, 0.2) is 5.78 Å². The monoisotopic (exact) mass is 581 g/mol. The molecule has 4 rings (SSSR count). The molecule has 0 saturated carbocycles. The summed E-state index contributed by atoms with van der Waals surface area (Å²) in [5.41, 5.74) is 3.33. The van der Waals surface area contributed by atoms with Crippen molar-refractivity contribution in [3.63, 3.8) is 0 Å². The second-order valence-electron chi connectivity index (χ2n) is 10.9. The number of carbonyl (C=O) groups excluding carboxylic acids is 3. The number of carbonyl (C=O) groups is 3. The second-order valence-corrected chi connectivity index (χ2v) is 10.9. The maximum atomic E-state index is 13.0. The summed E-state index contributed by atoms with van der Waals surface area (Å²) in [6.07, 6.45) is 19.2. The number of unbranched alkanes of at least 4 members (excludes halogenated alkanes) is 9. The Kier molecular flexibility index (Phi) is 12.5. The molecule has 0 fully saturated rings. The normalized spacial score (nSPS) is 12.9. The molecule has 1 aliphatic rings. The maximum absolute atomic E-state index is 13.0. The first-order chi connectivity index (χ1) is 21.0. The fourth-order valence-electron chi connectivity index (χ4n) is 5.06. The van der Waals surface area contributed by atoms with Gasteiger partial charge >= 0.3 is 0 Å². The maximum Gasteiger partial charge on any atom is 0.258 e. The summed E-state index contributed by atoms with van der Waals surface area (Å²) in [4.78, 5) is 36.9. The number of ketones is 1. The van der Waals surface area contributed by atoms with Crippen molar-refractivity contribution in [3.05, 3.63) is 114 Å². The molecule has 0 atom stereocenters. The van der Waals surface area contributed by atoms with Gasteiger partial charge in [0.05, 0.1) is 12.3 Å². The van der Waals surface area contributed by atoms with Gasteiger partial charge < -0.3 is 4.74 Å². The summed E-state index contributed by atoms with van der Waals surface area (Å²) in [5.74, 6) is -0.363. The fourth-order valence-corrected chi connectivity index (χ4v) is 5.06. The van der Waals surface area contributed by atoms with Crippen LogP contribution in [0.2, 0.25) is 0 Å². The molecular formula is C37H40FNO4. The number of benzene rings is 3. The zero-order valence-electron chi connectivity index (χ0n) is 24.7. The van der Waals surface area contributed by atoms with E-state index in [1.807, 2.05) is 12.1 Å². The highest BCUT2D eigenvalue weighted by Gasteiger charge is 2.24. The molecule has 0 spiro atoms. The molecule has 6 heteroatoms. The zero-order valence-corrected chi connectivity index (χ0v) is 24.7. The molecule has 0 radical (unpaired) electrons. The summed E-state index contributed by atoms with van der Waals surface area (Å²) in [5, 5.41) is 0. The molecular weight excluding hydrogens is 541 g/mol. The molecule has 0 bridgehead atoms. The van der Waals surface area contributed by atoms with Crippen LogP contribution in [0.25, 0.3) is 6.08 Å². The van der Waals surface area contributed by atoms with Gasteiger partial charge in [0.1, 0.15) is 11.6 Å². The Hall–Kier alpha value is -4.32. The van der Waals surface area contributed by atoms with E-state index in [-0.39, 0.29) is 23.4 Å². The number of hydrogen-bond donors (Lipinski definition) is 0. The topological polar surface area (TPSA) is 63.7 Å². The lowest BCUT2D eigenvalue weighted by molar-refractivity contribution is -0.119. The number of amides is 2. The number of halogens is 1. The molecule has 43 heavy (non-hydrogen) atoms. The number of imide groups is 1. The molecule has 1 heterocycles. The average molecular weight is 582 g/mol. The first kappa shape index (κ1) is 31.6. The molecule has 5 nitrogen and oxygen atoms in total. The van der Waals surface area contributed by atoms with Gasteiger partial charge in [0.25, 0.3) is 11.8 Å². The number of rotatable bonds is 18. The van der Waals surface area contributed by atoms with Crippen molar-refractivity contribution in [1.82, 2.24) is 0 Å². The third-order valence-corrected chi connectivity index (χ3v) is 7.57. The molecule has 1 aliphatic heterocycles. The predicted molar refractivity (Wildman–Crippen MR) is 170 cm³/mol. The van der Waals surface area contributed by atoms with E-state index in [0.29, 0.717) is 17.9 Å². The zero-order chi connectivity index (χ0) is 30.3. The smallest absolute Gasteiger partial charge is 0.258 e. The van der Waals surface area contributed by atoms with Crippen LogP contribution in [0, 0.1) is 5.82 Å². The number of allylic oxidation sites excluding steroid dienone is 1. The lowest BCUT2D eigenvalue weighted by Gasteiger charge is -2.14. The lowest BCUT2D eigenvalue weighted by atomic mass is 10.0. The first-order valence-corrected chi connectivity index (χ1v) is 15.4. The highest BCUT2D eigenvalue weighted by Crippen LogP contribution is 2.23. The summed E-state index contributed by atoms with van der Waals surface area (Å²) in [7, 11) is 0. The van der Waals surface area contributed by atoms with Gasteiger partial charge in [-0.2, -0.15) is 0 Å². The predicted octanol–water partition coefficient (Wildman–Crippen LogP) is 8.67. The van der Waals surface area contributed by atoms with Crippen molar-refractivity contribution in [3.8, 4) is 5.75 Å². The van der Waals surface area contributed by atoms with Gasteiger partial charge in [-0.1, -0.05) is 81.7 Å². The molecule has 0 saturated heterocycles. The number of aryl methyl sites for hydroxylation is 1. The number of ether oxygens (including phenoxy) is 1. The van der Waals surface area contributed by atoms with E-state index in [1.165, 1.54) is 99.4 Å². The number of hydrogen-bond acceptors (Lipinski definition) is 4. The van der Waals surface area contributed by atoms with Crippen molar-refractivity contribution < 1.29 is 23.5 Å². The van der Waals surface area contributed by atoms with Crippen LogP contribution in [0.1, 0.15) is 85.7 Å². The van der Waals surface area contributed by atoms with Gasteiger partial charge in [0, 0.05) is 17.7 Å². The highest BCUT2D eigenvalue weighted by molar-refractivity contribution is 6.28. The van der Waals surface area contributed by atoms with Crippen molar-refractivity contribution in [2.45, 2.75) is 70.6 Å². The minimum atomic E-state index is -0.346. The van der Waals surface area contributed by atoms with Crippen LogP contribution in [0.15, 0.2) is 91.0 Å². The van der Waals surface area contributed by atoms with Crippen molar-refractivity contribution in [1.29, 1.82) is 0 Å². The van der Waals surface area contributed by atoms with Crippen molar-refractivity contribution >= 4 is 29.4 Å². The van der Waals surface area contributed by atoms with Crippen LogP contribution in [0.3, 0.4) is 0 Å². The Bertz CT molecular complexity index is 1370. The molecule has 0 unspecified atom stereocenters. The molecule has 224 valence electrons. The Labute approximate surface area is 254 Å². The third-order valence-electron chi connectivity index (χ3n) is 7.57. The number of nitrogens with zero attached hydrogens (tertiary/aromatic N) is 1. The van der Waals surface area contributed by atoms with Gasteiger partial charge in [-0.3, -0.25) is 14.4 Å². The van der Waals surface area contributed by atoms with Crippen molar-refractivity contribution in [2.24, 2.45) is 0 Å². The molecule has 0 aliphatic carbocycles. The standard InChI is InChI=1S/C37H40FNO4/c38-32-19-17-31(18-20-32)35(40)25-16-30-14-12-29(13-15-30)11-9-7-5-3-1-2-4-6-8-10-28-43-34-23-21-33(22-24-34)39-36(41)26-27-37(39)42/h12-27H,1-11,28H2/b25-16+. The van der Waals surface area contributed by atoms with E-state index in [9.17, 15) is 18.8 Å². The van der Waals surface area contributed by atoms with Crippen LogP contribution in [0.5, 0.6) is 5.75 Å². The van der Waals surface area contributed by atoms with Crippen LogP contribution < -0.4 is 9.64 Å². The van der Waals surface area contributed by atoms with Crippen LogP contribution in [0.4, 0.5) is 10.1 Å². The van der Waals surface area contributed by atoms with E-state index < -0.39 is 0 Å². The quantitative estimate of drug-likeness (QED) is 0.0653. The Balaban J connectivity index is 0.964. The minimum Gasteiger partial charge on any atom is -0.494 e. The summed E-state index contributed by atoms with van der Waals surface area (Å²) in [6, 6.07) is 21.0. The Morgan fingerprint density at radius 3 is 1.84 bits per heavy atom. The van der Waals surface area contributed by atoms with E-state index in [0.717, 1.165) is 35.5 Å². The van der Waals surface area contributed by atoms with Crippen LogP contribution in [-0.2, 0) is 16.0 Å². The molecule has 0 aromatic heterocycles. The molecule has 2 amide bonds. The lowest BCUT2D eigenvalue weighted by Crippen LogP contribution is -2.29. The minimum absolute atomic E-state index is 0.134. The van der Waals surface area contributed by atoms with Crippen LogP contribution >= 0.6 is 0 Å². The Morgan fingerprint density at radius 2 is 1.23 bits per heavy atom. The van der Waals surface area contributed by atoms with E-state index in [4.69, 9.17) is 4.74 Å². The van der Waals surface area contributed by atoms with E-state index in [1.54, 1.807) is 30.3 Å². The second kappa shape index (κ2) is 17.0. The molecule has 0 N–H and O–H groups in total. The van der Waals surface area contributed by atoms with Gasteiger partial charge in [-0.05, 0) is 85.0 Å². The average Bonchev–Trinajstić information content (AvgIpc) is 3.36. The largest absolute Gasteiger partial charge is 0.494 e. The van der Waals surface area contributed by atoms with Gasteiger partial charge in [0.2, 0.25) is 0 Å². The molecule has 3 aromatic carbocycles. The SMILES string of the molecule is O=C(/C=C/c1ccc(CCCCCCCCCCCCOc2ccc(N3C(=O)C=CC3=O)cc2)cc1)c1ccc(F)cc1. The van der Waals surface area contributed by atoms with E-state index in [2.05, 4.69) is 12.1 Å². The summed E-state index contributed by atoms with van der Waals surface area (Å²) in [6.45, 7) is 0.666. The van der Waals surface area contributed by atoms with Gasteiger partial charge in [-0.15, -0.1) is 0 Å². The summed E-state index contributed by atoms with van der Waals surface area (Å²) < 4.78 is 18.8. The number of anilines is 1. The van der Waals surface area contributed by atoms with E-state index >= 15 is 0 Å². The van der Waals surface area contributed by atoms with Crippen LogP contribution in [-0.4, -0.2) is 24.2 Å². The summed E-state index contributed by atoms with van der Waals surface area (Å²) >= 11 is 0. The fraction of sp³-hybridized carbons (Fsp3) is 0.324. The van der Waals surface area contributed by atoms with Crippen molar-refractivity contribution in [2.75, 3.05) is 11.5 Å². The highest BCUT2D eigenvalue weighted by atomic mass is 19.1. The van der Waals surface area contributed by atoms with Gasteiger partial charge in [-0.25, -0.2) is 9.29 Å². The third kappa shape index (κ3) is 10.5.